The molecule has 7 nitrogen and oxygen atoms in total. The molecule has 0 aromatic rings. The summed E-state index contributed by atoms with van der Waals surface area (Å²) in [5.74, 6) is -0.425. The molecule has 0 aliphatic carbocycles. The third-order valence-electron chi connectivity index (χ3n) is 0.839. The molecule has 14 heavy (non-hydrogen) atoms. The van der Waals surface area contributed by atoms with Crippen molar-refractivity contribution in [1.82, 2.24) is 5.32 Å². The molecule has 0 fully saturated rings. The minimum Gasteiger partial charge on any atom is -0.443 e. The van der Waals surface area contributed by atoms with Crippen LogP contribution in [0.2, 0.25) is 0 Å². The van der Waals surface area contributed by atoms with Gasteiger partial charge in [0.05, 0.1) is 0 Å². The largest absolute Gasteiger partial charge is 0.443 e. The van der Waals surface area contributed by atoms with E-state index < -0.39 is 23.7 Å². The Morgan fingerprint density at radius 1 is 1.29 bits per heavy atom. The number of rotatable bonds is 0. The zero-order valence-corrected chi connectivity index (χ0v) is 8.33. The smallest absolute Gasteiger partial charge is 0.415 e. The van der Waals surface area contributed by atoms with E-state index in [9.17, 15) is 9.59 Å². The van der Waals surface area contributed by atoms with Crippen LogP contribution < -0.4 is 16.8 Å². The number of alkyl carbamates (subject to hydrolysis) is 1. The van der Waals surface area contributed by atoms with Gasteiger partial charge in [-0.15, -0.1) is 0 Å². The van der Waals surface area contributed by atoms with Crippen molar-refractivity contribution in [3.63, 3.8) is 0 Å². The molecule has 0 atom stereocenters. The number of carbonyl (C=O) groups is 2. The van der Waals surface area contributed by atoms with Gasteiger partial charge in [-0.2, -0.15) is 4.99 Å². The average molecular weight is 202 g/mol. The summed E-state index contributed by atoms with van der Waals surface area (Å²) in [5, 5.41) is 1.82. The molecule has 0 saturated heterocycles. The molecule has 0 rings (SSSR count). The van der Waals surface area contributed by atoms with Gasteiger partial charge in [0.1, 0.15) is 5.60 Å². The van der Waals surface area contributed by atoms with Crippen molar-refractivity contribution in [2.75, 3.05) is 0 Å². The molecule has 5 N–H and O–H groups in total. The Balaban J connectivity index is 4.09. The van der Waals surface area contributed by atoms with Crippen LogP contribution in [0.4, 0.5) is 9.59 Å². The van der Waals surface area contributed by atoms with Crippen LogP contribution in [-0.2, 0) is 4.74 Å². The maximum Gasteiger partial charge on any atom is 0.415 e. The molecule has 0 aromatic carbocycles. The molecule has 0 radical (unpaired) electrons. The van der Waals surface area contributed by atoms with Crippen molar-refractivity contribution < 1.29 is 14.3 Å². The second kappa shape index (κ2) is 4.45. The lowest BCUT2D eigenvalue weighted by molar-refractivity contribution is 0.0550. The number of urea groups is 1. The van der Waals surface area contributed by atoms with Gasteiger partial charge in [0.25, 0.3) is 0 Å². The molecule has 0 aromatic heterocycles. The molecule has 0 unspecified atom stereocenters. The first-order valence-electron chi connectivity index (χ1n) is 3.84. The van der Waals surface area contributed by atoms with Crippen LogP contribution in [0.3, 0.4) is 0 Å². The summed E-state index contributed by atoms with van der Waals surface area (Å²) in [6.45, 7) is 4.99. The molecule has 3 amide bonds. The molecule has 80 valence electrons. The minimum atomic E-state index is -0.959. The van der Waals surface area contributed by atoms with Crippen molar-refractivity contribution in [3.05, 3.63) is 0 Å². The van der Waals surface area contributed by atoms with Gasteiger partial charge < -0.3 is 16.2 Å². The SMILES string of the molecule is CC(C)(C)OC(=O)NC(=O)N=C(N)N. The van der Waals surface area contributed by atoms with Crippen molar-refractivity contribution in [2.24, 2.45) is 16.5 Å². The third kappa shape index (κ3) is 6.89. The maximum atomic E-state index is 10.9. The first kappa shape index (κ1) is 12.2. The van der Waals surface area contributed by atoms with E-state index in [-0.39, 0.29) is 0 Å². The number of nitrogens with two attached hydrogens (primary N) is 2. The van der Waals surface area contributed by atoms with Gasteiger partial charge in [-0.05, 0) is 20.8 Å². The van der Waals surface area contributed by atoms with Gasteiger partial charge in [0, 0.05) is 0 Å². The van der Waals surface area contributed by atoms with E-state index in [0.717, 1.165) is 0 Å². The van der Waals surface area contributed by atoms with Gasteiger partial charge in [-0.25, -0.2) is 14.9 Å². The van der Waals surface area contributed by atoms with Crippen LogP contribution in [0.5, 0.6) is 0 Å². The number of hydrogen-bond donors (Lipinski definition) is 3. The maximum absolute atomic E-state index is 10.9. The Bertz CT molecular complexity index is 263. The Hall–Kier alpha value is -1.79. The van der Waals surface area contributed by atoms with Crippen LogP contribution >= 0.6 is 0 Å². The zero-order chi connectivity index (χ0) is 11.4. The van der Waals surface area contributed by atoms with Gasteiger partial charge in [-0.1, -0.05) is 0 Å². The topological polar surface area (TPSA) is 120 Å². The van der Waals surface area contributed by atoms with Crippen LogP contribution in [0.15, 0.2) is 4.99 Å². The van der Waals surface area contributed by atoms with Gasteiger partial charge in [0.15, 0.2) is 5.96 Å². The summed E-state index contributed by atoms with van der Waals surface area (Å²) in [4.78, 5) is 24.8. The highest BCUT2D eigenvalue weighted by atomic mass is 16.6. The Morgan fingerprint density at radius 2 is 1.79 bits per heavy atom. The van der Waals surface area contributed by atoms with E-state index in [2.05, 4.69) is 4.99 Å². The molecule has 0 spiro atoms. The van der Waals surface area contributed by atoms with E-state index in [1.165, 1.54) is 0 Å². The lowest BCUT2D eigenvalue weighted by atomic mass is 10.2. The summed E-state index contributed by atoms with van der Waals surface area (Å²) >= 11 is 0. The Kier molecular flexibility index (Phi) is 3.88. The fourth-order valence-corrected chi connectivity index (χ4v) is 0.536. The molecule has 0 heterocycles. The standard InChI is InChI=1S/C7H14N4O3/c1-7(2,3)14-6(13)11-5(12)10-4(8)9/h1-3H3,(H5,8,9,10,11,12,13). The Labute approximate surface area is 81.5 Å². The Morgan fingerprint density at radius 3 is 2.14 bits per heavy atom. The number of nitrogens with one attached hydrogen (secondary N) is 1. The van der Waals surface area contributed by atoms with E-state index in [0.29, 0.717) is 0 Å². The highest BCUT2D eigenvalue weighted by molar-refractivity contribution is 5.97. The second-order valence-electron chi connectivity index (χ2n) is 3.47. The fraction of sp³-hybridized carbons (Fsp3) is 0.571. The molecule has 0 aliphatic heterocycles. The van der Waals surface area contributed by atoms with E-state index >= 15 is 0 Å². The normalized spacial score (nSPS) is 10.2. The first-order chi connectivity index (χ1) is 6.20. The molecular weight excluding hydrogens is 188 g/mol. The number of amides is 3. The number of aliphatic imine (C=N–C) groups is 1. The monoisotopic (exact) mass is 202 g/mol. The molecule has 0 aliphatic rings. The van der Waals surface area contributed by atoms with Crippen LogP contribution in [-0.4, -0.2) is 23.7 Å². The summed E-state index contributed by atoms with van der Waals surface area (Å²) in [7, 11) is 0. The average Bonchev–Trinajstić information content (AvgIpc) is 1.77. The predicted molar refractivity (Wildman–Crippen MR) is 50.6 cm³/mol. The zero-order valence-electron chi connectivity index (χ0n) is 8.33. The number of ether oxygens (including phenoxy) is 1. The number of nitrogens with zero attached hydrogens (tertiary/aromatic N) is 1. The van der Waals surface area contributed by atoms with Crippen molar-refractivity contribution >= 4 is 18.1 Å². The lowest BCUT2D eigenvalue weighted by Gasteiger charge is -2.18. The number of imide groups is 1. The van der Waals surface area contributed by atoms with Gasteiger partial charge in [-0.3, -0.25) is 0 Å². The van der Waals surface area contributed by atoms with Crippen LogP contribution in [0.25, 0.3) is 0 Å². The fourth-order valence-electron chi connectivity index (χ4n) is 0.536. The molecular formula is C7H14N4O3. The van der Waals surface area contributed by atoms with E-state index in [1.807, 2.05) is 5.32 Å². The summed E-state index contributed by atoms with van der Waals surface area (Å²) in [5.41, 5.74) is 9.14. The van der Waals surface area contributed by atoms with Gasteiger partial charge in [0.2, 0.25) is 0 Å². The first-order valence-corrected chi connectivity index (χ1v) is 3.84. The van der Waals surface area contributed by atoms with Crippen molar-refractivity contribution in [2.45, 2.75) is 26.4 Å². The quantitative estimate of drug-likeness (QED) is 0.374. The van der Waals surface area contributed by atoms with Crippen LogP contribution in [0, 0.1) is 0 Å². The predicted octanol–water partition coefficient (Wildman–Crippen LogP) is -0.0955. The molecule has 0 saturated carbocycles. The summed E-state index contributed by atoms with van der Waals surface area (Å²) < 4.78 is 4.77. The molecule has 7 heteroatoms. The van der Waals surface area contributed by atoms with E-state index in [1.54, 1.807) is 20.8 Å². The van der Waals surface area contributed by atoms with Gasteiger partial charge >= 0.3 is 12.1 Å². The van der Waals surface area contributed by atoms with Crippen LogP contribution in [0.1, 0.15) is 20.8 Å². The van der Waals surface area contributed by atoms with Crippen molar-refractivity contribution in [1.29, 1.82) is 0 Å². The molecule has 0 bridgehead atoms. The van der Waals surface area contributed by atoms with E-state index in [4.69, 9.17) is 16.2 Å². The number of carbonyl (C=O) groups excluding carboxylic acids is 2. The minimum absolute atomic E-state index is 0.425. The number of hydrogen-bond acceptors (Lipinski definition) is 3. The summed E-state index contributed by atoms with van der Waals surface area (Å²) in [6, 6.07) is -0.959. The summed E-state index contributed by atoms with van der Waals surface area (Å²) in [6.07, 6.45) is -0.896. The lowest BCUT2D eigenvalue weighted by Crippen LogP contribution is -2.36. The second-order valence-corrected chi connectivity index (χ2v) is 3.47. The highest BCUT2D eigenvalue weighted by Crippen LogP contribution is 2.06. The van der Waals surface area contributed by atoms with Crippen molar-refractivity contribution in [3.8, 4) is 0 Å². The third-order valence-corrected chi connectivity index (χ3v) is 0.839. The highest BCUT2D eigenvalue weighted by Gasteiger charge is 2.17. The number of guanidine groups is 1.